The van der Waals surface area contributed by atoms with E-state index in [9.17, 15) is 32.7 Å². The van der Waals surface area contributed by atoms with Crippen molar-refractivity contribution in [3.8, 4) is 28.3 Å². The number of alkyl halides is 3. The van der Waals surface area contributed by atoms with Gasteiger partial charge in [0.05, 0.1) is 41.2 Å². The lowest BCUT2D eigenvalue weighted by molar-refractivity contribution is -0.141. The topological polar surface area (TPSA) is 163 Å². The van der Waals surface area contributed by atoms with Gasteiger partial charge in [0, 0.05) is 40.5 Å². The molecule has 0 saturated heterocycles. The number of pyridine rings is 1. The van der Waals surface area contributed by atoms with Gasteiger partial charge in [-0.25, -0.2) is 9.67 Å². The van der Waals surface area contributed by atoms with Crippen molar-refractivity contribution in [2.75, 3.05) is 5.32 Å². The molecule has 1 aromatic carbocycles. The van der Waals surface area contributed by atoms with Crippen LogP contribution in [0.3, 0.4) is 0 Å². The predicted octanol–water partition coefficient (Wildman–Crippen LogP) is 4.85. The van der Waals surface area contributed by atoms with Gasteiger partial charge in [0.1, 0.15) is 12.4 Å². The summed E-state index contributed by atoms with van der Waals surface area (Å²) < 4.78 is 43.8. The highest BCUT2D eigenvalue weighted by Gasteiger charge is 2.35. The van der Waals surface area contributed by atoms with Crippen LogP contribution in [0.25, 0.3) is 28.3 Å². The van der Waals surface area contributed by atoms with Crippen molar-refractivity contribution in [1.82, 2.24) is 39.3 Å². The highest BCUT2D eigenvalue weighted by Crippen LogP contribution is 2.36. The number of carboxylic acid groups (broad SMARTS) is 1. The maximum atomic E-state index is 13.7. The molecule has 2 bridgehead atoms. The summed E-state index contributed by atoms with van der Waals surface area (Å²) in [5.74, 6) is -1.82. The Bertz CT molecular complexity index is 2060. The van der Waals surface area contributed by atoms with E-state index in [0.29, 0.717) is 41.9 Å². The van der Waals surface area contributed by atoms with Crippen LogP contribution < -0.4 is 10.9 Å². The third kappa shape index (κ3) is 6.36. The van der Waals surface area contributed by atoms with Gasteiger partial charge >= 0.3 is 12.1 Å². The fourth-order valence-corrected chi connectivity index (χ4v) is 5.71. The van der Waals surface area contributed by atoms with Crippen LogP contribution in [0, 0.1) is 5.92 Å². The fourth-order valence-electron chi connectivity index (χ4n) is 5.54. The Kier molecular flexibility index (Phi) is 8.36. The van der Waals surface area contributed by atoms with E-state index >= 15 is 0 Å². The summed E-state index contributed by atoms with van der Waals surface area (Å²) in [5.41, 5.74) is 0.170. The molecule has 6 rings (SSSR count). The molecular formula is C30H25ClF3N9O4. The molecule has 4 aromatic heterocycles. The minimum atomic E-state index is -4.74. The number of anilines is 1. The number of nitrogens with one attached hydrogen (secondary N) is 1. The summed E-state index contributed by atoms with van der Waals surface area (Å²) >= 11 is 6.36. The zero-order chi connectivity index (χ0) is 33.5. The first-order valence-electron chi connectivity index (χ1n) is 14.3. The van der Waals surface area contributed by atoms with Gasteiger partial charge < -0.3 is 10.4 Å². The van der Waals surface area contributed by atoms with E-state index in [0.717, 1.165) is 10.9 Å². The number of aliphatic carboxylic acids is 1. The number of hydrogen-bond donors (Lipinski definition) is 2. The van der Waals surface area contributed by atoms with Crippen LogP contribution in [0.5, 0.6) is 0 Å². The number of carboxylic acids is 1. The summed E-state index contributed by atoms with van der Waals surface area (Å²) in [4.78, 5) is 47.6. The molecule has 0 aliphatic carbocycles. The number of carbonyl (C=O) groups is 2. The average Bonchev–Trinajstić information content (AvgIpc) is 3.67. The number of carbonyl (C=O) groups excluding carboxylic acids is 1. The van der Waals surface area contributed by atoms with E-state index in [2.05, 4.69) is 30.7 Å². The first kappa shape index (κ1) is 31.6. The van der Waals surface area contributed by atoms with Gasteiger partial charge in [-0.2, -0.15) is 18.3 Å². The minimum absolute atomic E-state index is 0.0748. The third-order valence-corrected chi connectivity index (χ3v) is 8.00. The van der Waals surface area contributed by atoms with Crippen LogP contribution in [-0.4, -0.2) is 56.3 Å². The van der Waals surface area contributed by atoms with E-state index in [1.165, 1.54) is 52.1 Å². The van der Waals surface area contributed by atoms with Crippen LogP contribution in [-0.2, 0) is 22.3 Å². The predicted molar refractivity (Wildman–Crippen MR) is 162 cm³/mol. The Labute approximate surface area is 268 Å². The van der Waals surface area contributed by atoms with E-state index < -0.39 is 41.9 Å². The summed E-state index contributed by atoms with van der Waals surface area (Å²) in [6, 6.07) is 8.15. The van der Waals surface area contributed by atoms with Crippen LogP contribution in [0.1, 0.15) is 43.6 Å². The first-order chi connectivity index (χ1) is 22.4. The van der Waals surface area contributed by atoms with E-state index in [1.54, 1.807) is 19.1 Å². The summed E-state index contributed by atoms with van der Waals surface area (Å²) in [5, 5.41) is 23.7. The number of nitrogens with zero attached hydrogens (tertiary/aromatic N) is 8. The number of amides is 1. The van der Waals surface area contributed by atoms with E-state index in [4.69, 9.17) is 11.6 Å². The number of hydrogen-bond acceptors (Lipinski definition) is 8. The van der Waals surface area contributed by atoms with Gasteiger partial charge in [0.2, 0.25) is 5.91 Å². The Morgan fingerprint density at radius 3 is 2.64 bits per heavy atom. The second-order valence-corrected chi connectivity index (χ2v) is 11.4. The summed E-state index contributed by atoms with van der Waals surface area (Å²) in [6.07, 6.45) is 1.35. The van der Waals surface area contributed by atoms with Crippen LogP contribution in [0.15, 0.2) is 66.0 Å². The van der Waals surface area contributed by atoms with Crippen LogP contribution in [0.4, 0.5) is 18.9 Å². The summed E-state index contributed by atoms with van der Waals surface area (Å²) in [6.45, 7) is 1.27. The van der Waals surface area contributed by atoms with Gasteiger partial charge in [-0.05, 0) is 43.2 Å². The molecule has 0 radical (unpaired) electrons. The standard InChI is InChI=1S/C30H25ClF3N9O4/c1-16-3-2-4-23(20-11-17(7-9-35-20)27-21(38-29(16)47)13-37-42(27)15-26(45)46)43-25(44)8-10-36-28(43)19-12-18(31)5-6-22(19)41-14-24(39-40-41)30(32,33)34/h5-14,16,23H,2-4,15H2,1H3,(H,38,47)(H,45,46)/t16-,23+/m1/s1. The third-order valence-electron chi connectivity index (χ3n) is 7.76. The van der Waals surface area contributed by atoms with Crippen molar-refractivity contribution in [2.24, 2.45) is 5.92 Å². The van der Waals surface area contributed by atoms with Crippen molar-refractivity contribution in [2.45, 2.75) is 44.9 Å². The molecule has 0 saturated carbocycles. The molecule has 17 heteroatoms. The Morgan fingerprint density at radius 1 is 1.11 bits per heavy atom. The number of fused-ring (bicyclic) bond motifs is 4. The first-order valence-corrected chi connectivity index (χ1v) is 14.7. The molecule has 2 atom stereocenters. The average molecular weight is 668 g/mol. The monoisotopic (exact) mass is 667 g/mol. The van der Waals surface area contributed by atoms with E-state index in [1.807, 2.05) is 0 Å². The van der Waals surface area contributed by atoms with Gasteiger partial charge in [-0.3, -0.25) is 28.6 Å². The zero-order valence-corrected chi connectivity index (χ0v) is 25.3. The second kappa shape index (κ2) is 12.4. The van der Waals surface area contributed by atoms with Crippen molar-refractivity contribution in [3.63, 3.8) is 0 Å². The molecule has 0 spiro atoms. The molecule has 5 aromatic rings. The maximum absolute atomic E-state index is 13.7. The molecule has 1 aliphatic heterocycles. The Morgan fingerprint density at radius 2 is 1.89 bits per heavy atom. The lowest BCUT2D eigenvalue weighted by Gasteiger charge is -2.25. The molecule has 1 amide bonds. The van der Waals surface area contributed by atoms with Crippen LogP contribution >= 0.6 is 11.6 Å². The number of benzene rings is 1. The lowest BCUT2D eigenvalue weighted by Crippen LogP contribution is -2.29. The molecule has 5 heterocycles. The molecule has 0 unspecified atom stereocenters. The molecule has 0 fully saturated rings. The summed E-state index contributed by atoms with van der Waals surface area (Å²) in [7, 11) is 0. The van der Waals surface area contributed by atoms with Gasteiger partial charge in [-0.1, -0.05) is 30.2 Å². The molecule has 1 aliphatic rings. The van der Waals surface area contributed by atoms with Crippen molar-refractivity contribution >= 4 is 29.2 Å². The number of aromatic nitrogens is 8. The van der Waals surface area contributed by atoms with Gasteiger partial charge in [0.25, 0.3) is 5.56 Å². The highest BCUT2D eigenvalue weighted by molar-refractivity contribution is 6.31. The Balaban J connectivity index is 1.55. The zero-order valence-electron chi connectivity index (χ0n) is 24.5. The lowest BCUT2D eigenvalue weighted by atomic mass is 9.96. The molecule has 13 nitrogen and oxygen atoms in total. The van der Waals surface area contributed by atoms with Crippen molar-refractivity contribution < 1.29 is 27.9 Å². The fraction of sp³-hybridized carbons (Fsp3) is 0.267. The molecule has 47 heavy (non-hydrogen) atoms. The maximum Gasteiger partial charge on any atom is 0.436 e. The molecular weight excluding hydrogens is 643 g/mol. The molecule has 2 N–H and O–H groups in total. The quantitative estimate of drug-likeness (QED) is 0.267. The van der Waals surface area contributed by atoms with Gasteiger partial charge in [0.15, 0.2) is 5.69 Å². The smallest absolute Gasteiger partial charge is 0.436 e. The molecule has 242 valence electrons. The van der Waals surface area contributed by atoms with Crippen molar-refractivity contribution in [3.05, 3.63) is 87.9 Å². The van der Waals surface area contributed by atoms with Crippen molar-refractivity contribution in [1.29, 1.82) is 0 Å². The van der Waals surface area contributed by atoms with Gasteiger partial charge in [-0.15, -0.1) is 5.10 Å². The number of rotatable bonds is 5. The van der Waals surface area contributed by atoms with E-state index in [-0.39, 0.29) is 28.0 Å². The second-order valence-electron chi connectivity index (χ2n) is 10.9. The minimum Gasteiger partial charge on any atom is -0.480 e. The largest absolute Gasteiger partial charge is 0.480 e. The van der Waals surface area contributed by atoms with Crippen LogP contribution in [0.2, 0.25) is 5.02 Å². The SMILES string of the molecule is C[C@@H]1CCC[C@H](n2c(-c3cc(Cl)ccc3-n3cc(C(F)(F)F)nn3)nccc2=O)c2cc(ccn2)-c2c(cnn2CC(=O)O)NC1=O. The highest BCUT2D eigenvalue weighted by atomic mass is 35.5. The Hall–Kier alpha value is -5.38. The normalized spacial score (nSPS) is 16.9. The number of halogens is 4.